The number of H-pyrrole nitrogens is 1. The van der Waals surface area contributed by atoms with Crippen LogP contribution in [-0.2, 0) is 19.6 Å². The second-order valence-electron chi connectivity index (χ2n) is 7.50. The normalized spacial score (nSPS) is 11.2. The Bertz CT molecular complexity index is 1210. The summed E-state index contributed by atoms with van der Waals surface area (Å²) in [6, 6.07) is 17.6. The molecule has 1 heterocycles. The molecule has 0 atom stereocenters. The van der Waals surface area contributed by atoms with E-state index in [1.807, 2.05) is 49.4 Å². The number of halogens is 3. The molecule has 8 heteroatoms. The predicted molar refractivity (Wildman–Crippen MR) is 138 cm³/mol. The molecule has 0 fully saturated rings. The fourth-order valence-electron chi connectivity index (χ4n) is 3.47. The third kappa shape index (κ3) is 6.21. The number of rotatable bonds is 10. The Hall–Kier alpha value is -2.25. The minimum Gasteiger partial charge on any atom is -0.490 e. The molecule has 172 valence electrons. The number of hydrogen-bond donors (Lipinski definition) is 2. The molecule has 4 rings (SSSR count). The molecule has 0 spiro atoms. The Morgan fingerprint density at radius 3 is 2.64 bits per heavy atom. The molecular weight excluding hydrogens is 525 g/mol. The fraction of sp³-hybridized carbons (Fsp3) is 0.240. The predicted octanol–water partition coefficient (Wildman–Crippen LogP) is 6.94. The van der Waals surface area contributed by atoms with Crippen molar-refractivity contribution in [3.8, 4) is 11.5 Å². The van der Waals surface area contributed by atoms with E-state index in [1.54, 1.807) is 12.1 Å². The van der Waals surface area contributed by atoms with Gasteiger partial charge in [0.05, 0.1) is 32.2 Å². The third-order valence-electron chi connectivity index (χ3n) is 5.04. The Labute approximate surface area is 211 Å². The van der Waals surface area contributed by atoms with Gasteiger partial charge < -0.3 is 19.8 Å². The Kier molecular flexibility index (Phi) is 8.15. The highest BCUT2D eigenvalue weighted by Crippen LogP contribution is 2.37. The van der Waals surface area contributed by atoms with Gasteiger partial charge in [0.2, 0.25) is 0 Å². The minimum atomic E-state index is 0.352. The first-order valence-electron chi connectivity index (χ1n) is 10.7. The van der Waals surface area contributed by atoms with E-state index in [0.717, 1.165) is 45.4 Å². The summed E-state index contributed by atoms with van der Waals surface area (Å²) in [5, 5.41) is 4.50. The zero-order valence-electron chi connectivity index (χ0n) is 18.1. The van der Waals surface area contributed by atoms with Crippen LogP contribution in [0.25, 0.3) is 11.0 Å². The maximum absolute atomic E-state index is 6.11. The van der Waals surface area contributed by atoms with Crippen molar-refractivity contribution in [1.29, 1.82) is 0 Å². The summed E-state index contributed by atoms with van der Waals surface area (Å²) in [7, 11) is 0. The highest BCUT2D eigenvalue weighted by Gasteiger charge is 2.13. The van der Waals surface area contributed by atoms with E-state index in [9.17, 15) is 0 Å². The standard InChI is InChI=1S/C25H24BrCl2N3O2/c1-2-32-23-13-17(14-29-10-9-24-30-21-5-3-4-6-22(21)31-24)11-18(26)25(23)33-15-16-7-8-19(27)20(28)12-16/h3-8,11-13,29H,2,9-10,14-15H2,1H3,(H,30,31). The summed E-state index contributed by atoms with van der Waals surface area (Å²) in [4.78, 5) is 7.98. The third-order valence-corrected chi connectivity index (χ3v) is 6.37. The number of aromatic nitrogens is 2. The second-order valence-corrected chi connectivity index (χ2v) is 9.17. The highest BCUT2D eigenvalue weighted by atomic mass is 79.9. The molecule has 3 aromatic carbocycles. The zero-order chi connectivity index (χ0) is 23.2. The van der Waals surface area contributed by atoms with Crippen LogP contribution < -0.4 is 14.8 Å². The van der Waals surface area contributed by atoms with Gasteiger partial charge in [-0.1, -0.05) is 41.4 Å². The van der Waals surface area contributed by atoms with Gasteiger partial charge in [-0.25, -0.2) is 4.98 Å². The van der Waals surface area contributed by atoms with Gasteiger partial charge >= 0.3 is 0 Å². The van der Waals surface area contributed by atoms with E-state index in [-0.39, 0.29) is 0 Å². The lowest BCUT2D eigenvalue weighted by Crippen LogP contribution is -2.17. The number of para-hydroxylation sites is 2. The van der Waals surface area contributed by atoms with Crippen molar-refractivity contribution in [1.82, 2.24) is 15.3 Å². The lowest BCUT2D eigenvalue weighted by molar-refractivity contribution is 0.267. The zero-order valence-corrected chi connectivity index (χ0v) is 21.2. The maximum Gasteiger partial charge on any atom is 0.175 e. The van der Waals surface area contributed by atoms with Gasteiger partial charge in [0.15, 0.2) is 11.5 Å². The first-order chi connectivity index (χ1) is 16.0. The van der Waals surface area contributed by atoms with E-state index in [4.69, 9.17) is 32.7 Å². The number of benzene rings is 3. The van der Waals surface area contributed by atoms with Crippen LogP contribution in [-0.4, -0.2) is 23.1 Å². The summed E-state index contributed by atoms with van der Waals surface area (Å²) >= 11 is 15.8. The van der Waals surface area contributed by atoms with Crippen LogP contribution in [0.15, 0.2) is 59.1 Å². The molecule has 0 bridgehead atoms. The van der Waals surface area contributed by atoms with Crippen LogP contribution in [0.1, 0.15) is 23.9 Å². The van der Waals surface area contributed by atoms with Gasteiger partial charge in [-0.05, 0) is 70.4 Å². The summed E-state index contributed by atoms with van der Waals surface area (Å²) < 4.78 is 12.8. The monoisotopic (exact) mass is 547 g/mol. The largest absolute Gasteiger partial charge is 0.490 e. The van der Waals surface area contributed by atoms with Crippen LogP contribution >= 0.6 is 39.1 Å². The fourth-order valence-corrected chi connectivity index (χ4v) is 4.40. The Balaban J connectivity index is 1.37. The van der Waals surface area contributed by atoms with Gasteiger partial charge in [-0.3, -0.25) is 0 Å². The summed E-state index contributed by atoms with van der Waals surface area (Å²) in [5.41, 5.74) is 4.08. The highest BCUT2D eigenvalue weighted by molar-refractivity contribution is 9.10. The smallest absolute Gasteiger partial charge is 0.175 e. The van der Waals surface area contributed by atoms with Crippen molar-refractivity contribution in [3.05, 3.63) is 86.1 Å². The first-order valence-corrected chi connectivity index (χ1v) is 12.2. The molecule has 0 aliphatic heterocycles. The van der Waals surface area contributed by atoms with Crippen LogP contribution in [0.4, 0.5) is 0 Å². The average Bonchev–Trinajstić information content (AvgIpc) is 3.21. The molecule has 4 aromatic rings. The van der Waals surface area contributed by atoms with Gasteiger partial charge in [0.1, 0.15) is 12.4 Å². The molecule has 0 amide bonds. The SMILES string of the molecule is CCOc1cc(CNCCc2nc3ccccc3[nH]2)cc(Br)c1OCc1ccc(Cl)c(Cl)c1. The van der Waals surface area contributed by atoms with Crippen molar-refractivity contribution in [2.24, 2.45) is 0 Å². The van der Waals surface area contributed by atoms with Crippen LogP contribution in [0.2, 0.25) is 10.0 Å². The lowest BCUT2D eigenvalue weighted by atomic mass is 10.2. The number of aromatic amines is 1. The number of imidazole rings is 1. The van der Waals surface area contributed by atoms with Gasteiger partial charge in [0, 0.05) is 19.5 Å². The van der Waals surface area contributed by atoms with E-state index in [0.29, 0.717) is 41.3 Å². The molecular formula is C25H24BrCl2N3O2. The number of ether oxygens (including phenoxy) is 2. The second kappa shape index (κ2) is 11.3. The van der Waals surface area contributed by atoms with Gasteiger partial charge in [0.25, 0.3) is 0 Å². The minimum absolute atomic E-state index is 0.352. The van der Waals surface area contributed by atoms with Crippen molar-refractivity contribution >= 4 is 50.2 Å². The summed E-state index contributed by atoms with van der Waals surface area (Å²) in [5.74, 6) is 2.33. The lowest BCUT2D eigenvalue weighted by Gasteiger charge is -2.16. The summed E-state index contributed by atoms with van der Waals surface area (Å²) in [6.07, 6.45) is 0.818. The van der Waals surface area contributed by atoms with Crippen molar-refractivity contribution in [2.45, 2.75) is 26.5 Å². The maximum atomic E-state index is 6.11. The van der Waals surface area contributed by atoms with E-state index in [1.165, 1.54) is 0 Å². The quantitative estimate of drug-likeness (QED) is 0.211. The molecule has 5 nitrogen and oxygen atoms in total. The molecule has 33 heavy (non-hydrogen) atoms. The van der Waals surface area contributed by atoms with Crippen LogP contribution in [0.5, 0.6) is 11.5 Å². The average molecular weight is 549 g/mol. The van der Waals surface area contributed by atoms with Crippen molar-refractivity contribution in [2.75, 3.05) is 13.2 Å². The Morgan fingerprint density at radius 2 is 1.85 bits per heavy atom. The Morgan fingerprint density at radius 1 is 1.00 bits per heavy atom. The van der Waals surface area contributed by atoms with E-state index < -0.39 is 0 Å². The number of nitrogens with zero attached hydrogens (tertiary/aromatic N) is 1. The first kappa shape index (κ1) is 23.9. The molecule has 0 saturated heterocycles. The van der Waals surface area contributed by atoms with E-state index >= 15 is 0 Å². The van der Waals surface area contributed by atoms with Crippen LogP contribution in [0, 0.1) is 0 Å². The topological polar surface area (TPSA) is 59.2 Å². The van der Waals surface area contributed by atoms with Gasteiger partial charge in [-0.15, -0.1) is 0 Å². The van der Waals surface area contributed by atoms with Gasteiger partial charge in [-0.2, -0.15) is 0 Å². The molecule has 0 aliphatic rings. The van der Waals surface area contributed by atoms with Crippen molar-refractivity contribution < 1.29 is 9.47 Å². The molecule has 0 saturated carbocycles. The summed E-state index contributed by atoms with van der Waals surface area (Å²) in [6.45, 7) is 4.35. The molecule has 0 aliphatic carbocycles. The number of hydrogen-bond acceptors (Lipinski definition) is 4. The molecule has 2 N–H and O–H groups in total. The van der Waals surface area contributed by atoms with E-state index in [2.05, 4.69) is 31.2 Å². The number of fused-ring (bicyclic) bond motifs is 1. The number of nitrogens with one attached hydrogen (secondary N) is 2. The van der Waals surface area contributed by atoms with Crippen LogP contribution in [0.3, 0.4) is 0 Å². The molecule has 1 aromatic heterocycles. The molecule has 0 radical (unpaired) electrons. The van der Waals surface area contributed by atoms with Crippen molar-refractivity contribution in [3.63, 3.8) is 0 Å². The molecule has 0 unspecified atom stereocenters.